The number of allylic oxidation sites excluding steroid dienone is 1. The first-order chi connectivity index (χ1) is 14.3. The van der Waals surface area contributed by atoms with E-state index < -0.39 is 11.9 Å². The molecule has 0 radical (unpaired) electrons. The molecule has 2 aromatic carbocycles. The standard InChI is InChI=1S/C22H24F3NO2.C2H6/c1-5-6-10-28-19-11-15(2)20(16(3)12-19)14-17-8-7-9-18(13-17)21(26-27-4)22(23,24)25;1-2/h5-9,11-13H,10,14H2,1-4H3;1-2H3/b6-5+,26-21?;. The summed E-state index contributed by atoms with van der Waals surface area (Å²) >= 11 is 0. The lowest BCUT2D eigenvalue weighted by atomic mass is 9.94. The number of benzene rings is 2. The predicted octanol–water partition coefficient (Wildman–Crippen LogP) is 6.79. The summed E-state index contributed by atoms with van der Waals surface area (Å²) < 4.78 is 45.4. The zero-order chi connectivity index (χ0) is 22.7. The average molecular weight is 422 g/mol. The number of alkyl halides is 3. The van der Waals surface area contributed by atoms with Gasteiger partial charge in [-0.1, -0.05) is 49.4 Å². The van der Waals surface area contributed by atoms with Crippen molar-refractivity contribution < 1.29 is 22.7 Å². The van der Waals surface area contributed by atoms with Gasteiger partial charge in [0.05, 0.1) is 0 Å². The Balaban J connectivity index is 0.00000218. The van der Waals surface area contributed by atoms with Gasteiger partial charge in [-0.2, -0.15) is 13.2 Å². The van der Waals surface area contributed by atoms with Gasteiger partial charge in [-0.25, -0.2) is 0 Å². The second kappa shape index (κ2) is 12.1. The molecule has 0 aliphatic heterocycles. The monoisotopic (exact) mass is 421 g/mol. The number of oxime groups is 1. The maximum absolute atomic E-state index is 13.2. The first-order valence-corrected chi connectivity index (χ1v) is 9.88. The maximum Gasteiger partial charge on any atom is 0.437 e. The van der Waals surface area contributed by atoms with E-state index in [1.807, 2.05) is 58.9 Å². The van der Waals surface area contributed by atoms with Crippen LogP contribution in [0, 0.1) is 13.8 Å². The van der Waals surface area contributed by atoms with Crippen LogP contribution in [-0.4, -0.2) is 25.6 Å². The molecule has 6 heteroatoms. The van der Waals surface area contributed by atoms with Gasteiger partial charge in [0.1, 0.15) is 19.5 Å². The molecule has 0 aliphatic rings. The molecule has 0 atom stereocenters. The van der Waals surface area contributed by atoms with E-state index in [9.17, 15) is 13.2 Å². The number of aryl methyl sites for hydroxylation is 2. The van der Waals surface area contributed by atoms with E-state index in [4.69, 9.17) is 4.74 Å². The van der Waals surface area contributed by atoms with Gasteiger partial charge in [0.2, 0.25) is 0 Å². The van der Waals surface area contributed by atoms with Gasteiger partial charge in [-0.3, -0.25) is 0 Å². The normalized spacial score (nSPS) is 11.8. The van der Waals surface area contributed by atoms with E-state index >= 15 is 0 Å². The van der Waals surface area contributed by atoms with Gasteiger partial charge in [-0.15, -0.1) is 0 Å². The third-order valence-electron chi connectivity index (χ3n) is 4.28. The van der Waals surface area contributed by atoms with Crippen LogP contribution in [0.25, 0.3) is 0 Å². The zero-order valence-electron chi connectivity index (χ0n) is 18.4. The lowest BCUT2D eigenvalue weighted by Crippen LogP contribution is -2.24. The highest BCUT2D eigenvalue weighted by Crippen LogP contribution is 2.27. The number of halogens is 3. The molecule has 0 bridgehead atoms. The Morgan fingerprint density at radius 2 is 1.70 bits per heavy atom. The molecule has 3 nitrogen and oxygen atoms in total. The van der Waals surface area contributed by atoms with Crippen LogP contribution in [0.4, 0.5) is 13.2 Å². The lowest BCUT2D eigenvalue weighted by Gasteiger charge is -2.15. The number of hydrogen-bond donors (Lipinski definition) is 0. The number of ether oxygens (including phenoxy) is 1. The molecule has 0 saturated carbocycles. The Morgan fingerprint density at radius 3 is 2.23 bits per heavy atom. The van der Waals surface area contributed by atoms with Crippen molar-refractivity contribution in [3.63, 3.8) is 0 Å². The summed E-state index contributed by atoms with van der Waals surface area (Å²) in [5.41, 5.74) is 2.82. The highest BCUT2D eigenvalue weighted by molar-refractivity contribution is 6.04. The molecule has 0 aliphatic carbocycles. The first kappa shape index (κ1) is 25.3. The number of rotatable bonds is 7. The van der Waals surface area contributed by atoms with Crippen LogP contribution < -0.4 is 4.74 Å². The molecule has 2 rings (SSSR count). The Bertz CT molecular complexity index is 848. The third-order valence-corrected chi connectivity index (χ3v) is 4.28. The number of nitrogens with zero attached hydrogens (tertiary/aromatic N) is 1. The van der Waals surface area contributed by atoms with Gasteiger partial charge in [0, 0.05) is 5.56 Å². The van der Waals surface area contributed by atoms with Crippen molar-refractivity contribution >= 4 is 5.71 Å². The highest BCUT2D eigenvalue weighted by Gasteiger charge is 2.37. The van der Waals surface area contributed by atoms with Crippen molar-refractivity contribution in [1.82, 2.24) is 0 Å². The van der Waals surface area contributed by atoms with Gasteiger partial charge in [0.25, 0.3) is 0 Å². The van der Waals surface area contributed by atoms with Crippen LogP contribution in [0.1, 0.15) is 48.6 Å². The van der Waals surface area contributed by atoms with E-state index in [-0.39, 0.29) is 5.56 Å². The van der Waals surface area contributed by atoms with Gasteiger partial charge in [0.15, 0.2) is 5.71 Å². The van der Waals surface area contributed by atoms with Crippen molar-refractivity contribution in [3.05, 3.63) is 76.4 Å². The SMILES string of the molecule is C/C=C/COc1cc(C)c(Cc2cccc(C(=NOC)C(F)(F)F)c2)c(C)c1.CC. The molecule has 0 saturated heterocycles. The van der Waals surface area contributed by atoms with Crippen molar-refractivity contribution in [2.45, 2.75) is 47.2 Å². The van der Waals surface area contributed by atoms with E-state index in [2.05, 4.69) is 9.99 Å². The average Bonchev–Trinajstić information content (AvgIpc) is 2.70. The molecular formula is C24H30F3NO2. The molecule has 0 aromatic heterocycles. The van der Waals surface area contributed by atoms with Crippen molar-refractivity contribution in [1.29, 1.82) is 0 Å². The molecule has 0 spiro atoms. The molecule has 0 heterocycles. The fourth-order valence-corrected chi connectivity index (χ4v) is 2.95. The van der Waals surface area contributed by atoms with Crippen LogP contribution in [0.3, 0.4) is 0 Å². The Kier molecular flexibility index (Phi) is 10.2. The fraction of sp³-hybridized carbons (Fsp3) is 0.375. The largest absolute Gasteiger partial charge is 0.490 e. The summed E-state index contributed by atoms with van der Waals surface area (Å²) in [6.45, 7) is 10.4. The topological polar surface area (TPSA) is 30.8 Å². The maximum atomic E-state index is 13.2. The van der Waals surface area contributed by atoms with E-state index in [0.717, 1.165) is 35.1 Å². The molecule has 164 valence electrons. The molecule has 0 amide bonds. The molecule has 2 aromatic rings. The second-order valence-electron chi connectivity index (χ2n) is 6.41. The van der Waals surface area contributed by atoms with Gasteiger partial charge in [-0.05, 0) is 67.6 Å². The molecule has 0 fully saturated rings. The van der Waals surface area contributed by atoms with E-state index in [1.165, 1.54) is 12.1 Å². The van der Waals surface area contributed by atoms with Gasteiger partial charge >= 0.3 is 6.18 Å². The lowest BCUT2D eigenvalue weighted by molar-refractivity contribution is -0.0607. The predicted molar refractivity (Wildman–Crippen MR) is 116 cm³/mol. The smallest absolute Gasteiger partial charge is 0.437 e. The van der Waals surface area contributed by atoms with E-state index in [1.54, 1.807) is 12.1 Å². The Labute approximate surface area is 177 Å². The van der Waals surface area contributed by atoms with Crippen LogP contribution in [0.5, 0.6) is 5.75 Å². The first-order valence-electron chi connectivity index (χ1n) is 9.88. The summed E-state index contributed by atoms with van der Waals surface area (Å²) in [5.74, 6) is 0.775. The zero-order valence-corrected chi connectivity index (χ0v) is 18.4. The van der Waals surface area contributed by atoms with Crippen molar-refractivity contribution in [2.75, 3.05) is 13.7 Å². The third kappa shape index (κ3) is 7.25. The Morgan fingerprint density at radius 1 is 1.07 bits per heavy atom. The summed E-state index contributed by atoms with van der Waals surface area (Å²) in [6, 6.07) is 10.2. The second-order valence-corrected chi connectivity index (χ2v) is 6.41. The summed E-state index contributed by atoms with van der Waals surface area (Å²) in [7, 11) is 1.10. The summed E-state index contributed by atoms with van der Waals surface area (Å²) in [5, 5.41) is 3.17. The molecule has 0 N–H and O–H groups in total. The Hall–Kier alpha value is -2.76. The molecule has 0 unspecified atom stereocenters. The molecular weight excluding hydrogens is 391 g/mol. The van der Waals surface area contributed by atoms with Crippen molar-refractivity contribution in [3.8, 4) is 5.75 Å². The number of hydrogen-bond acceptors (Lipinski definition) is 3. The van der Waals surface area contributed by atoms with Crippen LogP contribution in [0.2, 0.25) is 0 Å². The summed E-state index contributed by atoms with van der Waals surface area (Å²) in [4.78, 5) is 4.38. The molecule has 30 heavy (non-hydrogen) atoms. The minimum Gasteiger partial charge on any atom is -0.490 e. The summed E-state index contributed by atoms with van der Waals surface area (Å²) in [6.07, 6.45) is -0.238. The fourth-order valence-electron chi connectivity index (χ4n) is 2.95. The quantitative estimate of drug-likeness (QED) is 0.280. The van der Waals surface area contributed by atoms with Gasteiger partial charge < -0.3 is 9.57 Å². The van der Waals surface area contributed by atoms with Crippen LogP contribution in [0.15, 0.2) is 53.7 Å². The van der Waals surface area contributed by atoms with Crippen LogP contribution >= 0.6 is 0 Å². The highest BCUT2D eigenvalue weighted by atomic mass is 19.4. The van der Waals surface area contributed by atoms with Crippen molar-refractivity contribution in [2.24, 2.45) is 5.16 Å². The minimum atomic E-state index is -4.59. The van der Waals surface area contributed by atoms with Crippen LogP contribution in [-0.2, 0) is 11.3 Å². The minimum absolute atomic E-state index is 0.0199. The van der Waals surface area contributed by atoms with E-state index in [0.29, 0.717) is 13.0 Å².